The van der Waals surface area contributed by atoms with E-state index in [1.54, 1.807) is 10.9 Å². The second-order valence-electron chi connectivity index (χ2n) is 5.10. The zero-order valence-corrected chi connectivity index (χ0v) is 12.2. The average molecular weight is 283 g/mol. The monoisotopic (exact) mass is 283 g/mol. The second kappa shape index (κ2) is 5.05. The minimum absolute atomic E-state index is 0.145. The van der Waals surface area contributed by atoms with E-state index < -0.39 is 0 Å². The predicted octanol–water partition coefficient (Wildman–Crippen LogP) is 2.10. The molecule has 21 heavy (non-hydrogen) atoms. The summed E-state index contributed by atoms with van der Waals surface area (Å²) >= 11 is 0. The number of aromatic amines is 1. The summed E-state index contributed by atoms with van der Waals surface area (Å²) in [5, 5.41) is 7.03. The van der Waals surface area contributed by atoms with Gasteiger partial charge in [-0.3, -0.25) is 9.48 Å². The lowest BCUT2D eigenvalue weighted by Gasteiger charge is -2.11. The van der Waals surface area contributed by atoms with Crippen molar-refractivity contribution in [3.8, 4) is 0 Å². The summed E-state index contributed by atoms with van der Waals surface area (Å²) in [4.78, 5) is 20.0. The summed E-state index contributed by atoms with van der Waals surface area (Å²) in [5.41, 5.74) is 3.28. The Kier molecular flexibility index (Phi) is 3.21. The molecule has 108 valence electrons. The van der Waals surface area contributed by atoms with Crippen LogP contribution in [-0.2, 0) is 7.05 Å². The fourth-order valence-electron chi connectivity index (χ4n) is 2.24. The number of fused-ring (bicyclic) bond motifs is 1. The first-order chi connectivity index (χ1) is 10.1. The van der Waals surface area contributed by atoms with Crippen molar-refractivity contribution >= 4 is 16.9 Å². The Bertz CT molecular complexity index is 768. The second-order valence-corrected chi connectivity index (χ2v) is 5.10. The number of carbonyl (C=O) groups is 1. The van der Waals surface area contributed by atoms with Gasteiger partial charge in [-0.25, -0.2) is 4.98 Å². The predicted molar refractivity (Wildman–Crippen MR) is 79.9 cm³/mol. The molecule has 2 heterocycles. The van der Waals surface area contributed by atoms with Crippen LogP contribution in [0.15, 0.2) is 30.5 Å². The molecule has 0 bridgehead atoms. The minimum atomic E-state index is -0.204. The molecule has 1 atom stereocenters. The van der Waals surface area contributed by atoms with Gasteiger partial charge in [0.05, 0.1) is 28.8 Å². The number of aryl methyl sites for hydroxylation is 1. The summed E-state index contributed by atoms with van der Waals surface area (Å²) in [7, 11) is 1.81. The Morgan fingerprint density at radius 1 is 1.38 bits per heavy atom. The van der Waals surface area contributed by atoms with E-state index in [-0.39, 0.29) is 11.9 Å². The molecule has 1 aromatic carbocycles. The van der Waals surface area contributed by atoms with E-state index in [0.29, 0.717) is 5.56 Å². The number of aromatic nitrogens is 4. The number of carbonyl (C=O) groups excluding carboxylic acids is 1. The van der Waals surface area contributed by atoms with E-state index in [0.717, 1.165) is 22.6 Å². The summed E-state index contributed by atoms with van der Waals surface area (Å²) in [6.07, 6.45) is 1.58. The number of H-pyrrole nitrogens is 1. The third kappa shape index (κ3) is 2.40. The molecule has 0 aliphatic rings. The van der Waals surface area contributed by atoms with Crippen LogP contribution in [0.25, 0.3) is 11.0 Å². The maximum atomic E-state index is 12.3. The topological polar surface area (TPSA) is 75.6 Å². The molecule has 0 radical (unpaired) electrons. The highest BCUT2D eigenvalue weighted by Crippen LogP contribution is 2.16. The van der Waals surface area contributed by atoms with Gasteiger partial charge in [-0.1, -0.05) is 12.1 Å². The number of rotatable bonds is 3. The Balaban J connectivity index is 1.81. The van der Waals surface area contributed by atoms with Crippen molar-refractivity contribution < 1.29 is 4.79 Å². The fraction of sp³-hybridized carbons (Fsp3) is 0.267. The molecular formula is C15H17N5O. The number of nitrogens with zero attached hydrogens (tertiary/aromatic N) is 3. The van der Waals surface area contributed by atoms with E-state index in [9.17, 15) is 4.79 Å². The van der Waals surface area contributed by atoms with Crippen LogP contribution < -0.4 is 5.32 Å². The van der Waals surface area contributed by atoms with Gasteiger partial charge in [0.2, 0.25) is 0 Å². The lowest BCUT2D eigenvalue weighted by molar-refractivity contribution is 0.0937. The van der Waals surface area contributed by atoms with Gasteiger partial charge in [-0.2, -0.15) is 5.10 Å². The summed E-state index contributed by atoms with van der Waals surface area (Å²) in [6, 6.07) is 7.59. The van der Waals surface area contributed by atoms with E-state index >= 15 is 0 Å². The first-order valence-electron chi connectivity index (χ1n) is 6.80. The van der Waals surface area contributed by atoms with Crippen LogP contribution in [0.5, 0.6) is 0 Å². The molecular weight excluding hydrogens is 266 g/mol. The zero-order chi connectivity index (χ0) is 15.0. The molecule has 0 spiro atoms. The number of imidazole rings is 1. The number of benzene rings is 1. The molecule has 6 heteroatoms. The Morgan fingerprint density at radius 3 is 2.81 bits per heavy atom. The average Bonchev–Trinajstić information content (AvgIpc) is 3.03. The van der Waals surface area contributed by atoms with Gasteiger partial charge in [-0.05, 0) is 26.0 Å². The molecule has 3 aromatic rings. The third-order valence-electron chi connectivity index (χ3n) is 3.65. The number of hydrogen-bond acceptors (Lipinski definition) is 3. The molecule has 1 amide bonds. The SMILES string of the molecule is Cc1c(C(=O)N[C@H](C)c2nc3ccccc3[nH]2)cnn1C. The van der Waals surface area contributed by atoms with Gasteiger partial charge in [0.15, 0.2) is 0 Å². The van der Waals surface area contributed by atoms with Gasteiger partial charge in [0.1, 0.15) is 5.82 Å². The normalized spacial score (nSPS) is 12.5. The molecule has 0 unspecified atom stereocenters. The van der Waals surface area contributed by atoms with Crippen molar-refractivity contribution in [3.63, 3.8) is 0 Å². The van der Waals surface area contributed by atoms with Gasteiger partial charge in [0, 0.05) is 12.7 Å². The standard InChI is InChI=1S/C15H17N5O/c1-9(14-18-12-6-4-5-7-13(12)19-14)17-15(21)11-8-16-20(3)10(11)2/h4-9H,1-3H3,(H,17,21)(H,18,19)/t9-/m1/s1. The van der Waals surface area contributed by atoms with Crippen LogP contribution in [0, 0.1) is 6.92 Å². The molecule has 0 aliphatic heterocycles. The molecule has 0 saturated carbocycles. The van der Waals surface area contributed by atoms with Crippen molar-refractivity contribution in [3.05, 3.63) is 47.5 Å². The van der Waals surface area contributed by atoms with Crippen LogP contribution >= 0.6 is 0 Å². The Morgan fingerprint density at radius 2 is 2.14 bits per heavy atom. The Hall–Kier alpha value is -2.63. The molecule has 3 rings (SSSR count). The summed E-state index contributed by atoms with van der Waals surface area (Å²) < 4.78 is 1.68. The van der Waals surface area contributed by atoms with Gasteiger partial charge < -0.3 is 10.3 Å². The maximum absolute atomic E-state index is 12.3. The van der Waals surface area contributed by atoms with Gasteiger partial charge >= 0.3 is 0 Å². The first kappa shape index (κ1) is 13.4. The highest BCUT2D eigenvalue weighted by atomic mass is 16.1. The maximum Gasteiger partial charge on any atom is 0.255 e. The van der Waals surface area contributed by atoms with Gasteiger partial charge in [-0.15, -0.1) is 0 Å². The molecule has 0 saturated heterocycles. The third-order valence-corrected chi connectivity index (χ3v) is 3.65. The molecule has 6 nitrogen and oxygen atoms in total. The number of para-hydroxylation sites is 2. The first-order valence-corrected chi connectivity index (χ1v) is 6.80. The Labute approximate surface area is 122 Å². The van der Waals surface area contributed by atoms with Crippen LogP contribution in [-0.4, -0.2) is 25.7 Å². The van der Waals surface area contributed by atoms with E-state index in [1.165, 1.54) is 0 Å². The van der Waals surface area contributed by atoms with Crippen molar-refractivity contribution in [1.82, 2.24) is 25.1 Å². The lowest BCUT2D eigenvalue weighted by Crippen LogP contribution is -2.27. The van der Waals surface area contributed by atoms with E-state index in [2.05, 4.69) is 20.4 Å². The summed E-state index contributed by atoms with van der Waals surface area (Å²) in [5.74, 6) is 0.597. The molecule has 0 fully saturated rings. The van der Waals surface area contributed by atoms with Crippen LogP contribution in [0.2, 0.25) is 0 Å². The fourth-order valence-corrected chi connectivity index (χ4v) is 2.24. The van der Waals surface area contributed by atoms with Crippen molar-refractivity contribution in [2.45, 2.75) is 19.9 Å². The number of hydrogen-bond donors (Lipinski definition) is 2. The van der Waals surface area contributed by atoms with Crippen molar-refractivity contribution in [2.24, 2.45) is 7.05 Å². The minimum Gasteiger partial charge on any atom is -0.342 e. The number of amides is 1. The van der Waals surface area contributed by atoms with Crippen molar-refractivity contribution in [1.29, 1.82) is 0 Å². The van der Waals surface area contributed by atoms with Gasteiger partial charge in [0.25, 0.3) is 5.91 Å². The molecule has 0 aliphatic carbocycles. The largest absolute Gasteiger partial charge is 0.342 e. The van der Waals surface area contributed by atoms with E-state index in [4.69, 9.17) is 0 Å². The molecule has 2 aromatic heterocycles. The van der Waals surface area contributed by atoms with Crippen LogP contribution in [0.1, 0.15) is 34.8 Å². The zero-order valence-electron chi connectivity index (χ0n) is 12.2. The van der Waals surface area contributed by atoms with Crippen LogP contribution in [0.4, 0.5) is 0 Å². The lowest BCUT2D eigenvalue weighted by atomic mass is 10.2. The molecule has 2 N–H and O–H groups in total. The smallest absolute Gasteiger partial charge is 0.255 e. The van der Waals surface area contributed by atoms with Crippen LogP contribution in [0.3, 0.4) is 0 Å². The van der Waals surface area contributed by atoms with Crippen molar-refractivity contribution in [2.75, 3.05) is 0 Å². The highest BCUT2D eigenvalue weighted by Gasteiger charge is 2.17. The highest BCUT2D eigenvalue weighted by molar-refractivity contribution is 5.95. The quantitative estimate of drug-likeness (QED) is 0.773. The summed E-state index contributed by atoms with van der Waals surface area (Å²) in [6.45, 7) is 3.77. The number of nitrogens with one attached hydrogen (secondary N) is 2. The van der Waals surface area contributed by atoms with E-state index in [1.807, 2.05) is 45.2 Å².